The lowest BCUT2D eigenvalue weighted by Crippen LogP contribution is -2.60. The maximum atomic E-state index is 10.3. The molecule has 2 aliphatic heterocycles. The molecule has 1 N–H and O–H groups in total. The van der Waals surface area contributed by atoms with E-state index in [1.54, 1.807) is 38.3 Å². The molecule has 7 nitrogen and oxygen atoms in total. The second-order valence-electron chi connectivity index (χ2n) is 9.37. The maximum Gasteiger partial charge on any atom is 0.243 e. The summed E-state index contributed by atoms with van der Waals surface area (Å²) >= 11 is 0. The van der Waals surface area contributed by atoms with Crippen molar-refractivity contribution in [2.24, 2.45) is 16.7 Å². The molecule has 2 saturated heterocycles. The Kier molecular flexibility index (Phi) is 7.86. The van der Waals surface area contributed by atoms with Gasteiger partial charge in [0.1, 0.15) is 5.75 Å². The number of benzene rings is 1. The van der Waals surface area contributed by atoms with Crippen LogP contribution in [0.25, 0.3) is 0 Å². The SMILES string of the molecule is CCCCCCCCCCC1OC2(c3ccc(OC)cc3)OC(=N)C(C#N)(C2C)C1(C#N)C#N. The van der Waals surface area contributed by atoms with E-state index in [9.17, 15) is 15.8 Å². The van der Waals surface area contributed by atoms with E-state index < -0.39 is 28.6 Å². The van der Waals surface area contributed by atoms with Crippen LogP contribution in [0.4, 0.5) is 0 Å². The molecule has 4 unspecified atom stereocenters. The minimum atomic E-state index is -1.83. The fourth-order valence-electron chi connectivity index (χ4n) is 5.52. The number of fused-ring (bicyclic) bond motifs is 2. The lowest BCUT2D eigenvalue weighted by Gasteiger charge is -2.48. The van der Waals surface area contributed by atoms with Gasteiger partial charge in [-0.05, 0) is 30.7 Å². The van der Waals surface area contributed by atoms with Gasteiger partial charge in [-0.3, -0.25) is 5.41 Å². The average molecular weight is 463 g/mol. The first-order valence-corrected chi connectivity index (χ1v) is 12.3. The predicted octanol–water partition coefficient (Wildman–Crippen LogP) is 5.96. The quantitative estimate of drug-likeness (QED) is 0.404. The summed E-state index contributed by atoms with van der Waals surface area (Å²) in [6.45, 7) is 3.93. The van der Waals surface area contributed by atoms with Crippen molar-refractivity contribution < 1.29 is 14.2 Å². The van der Waals surface area contributed by atoms with Crippen molar-refractivity contribution >= 4 is 5.90 Å². The highest BCUT2D eigenvalue weighted by atomic mass is 16.7. The Labute approximate surface area is 202 Å². The summed E-state index contributed by atoms with van der Waals surface area (Å²) in [5, 5.41) is 39.4. The van der Waals surface area contributed by atoms with Gasteiger partial charge in [-0.25, -0.2) is 0 Å². The number of hydrogen-bond acceptors (Lipinski definition) is 7. The smallest absolute Gasteiger partial charge is 0.243 e. The molecule has 0 spiro atoms. The fraction of sp³-hybridized carbons (Fsp3) is 0.630. The Morgan fingerprint density at radius 3 is 2.06 bits per heavy atom. The van der Waals surface area contributed by atoms with E-state index in [2.05, 4.69) is 25.1 Å². The van der Waals surface area contributed by atoms with Gasteiger partial charge in [0.15, 0.2) is 10.8 Å². The van der Waals surface area contributed by atoms with E-state index in [-0.39, 0.29) is 5.90 Å². The molecule has 2 aliphatic rings. The summed E-state index contributed by atoms with van der Waals surface area (Å²) in [6.07, 6.45) is 8.51. The summed E-state index contributed by atoms with van der Waals surface area (Å²) in [6, 6.07) is 13.5. The fourth-order valence-corrected chi connectivity index (χ4v) is 5.52. The van der Waals surface area contributed by atoms with Crippen LogP contribution < -0.4 is 4.74 Å². The Morgan fingerprint density at radius 2 is 1.53 bits per heavy atom. The monoisotopic (exact) mass is 462 g/mol. The lowest BCUT2D eigenvalue weighted by molar-refractivity contribution is -0.286. The molecule has 34 heavy (non-hydrogen) atoms. The summed E-state index contributed by atoms with van der Waals surface area (Å²) < 4.78 is 17.8. The van der Waals surface area contributed by atoms with Gasteiger partial charge < -0.3 is 14.2 Å². The largest absolute Gasteiger partial charge is 0.497 e. The van der Waals surface area contributed by atoms with Crippen molar-refractivity contribution in [3.05, 3.63) is 29.8 Å². The van der Waals surface area contributed by atoms with Crippen molar-refractivity contribution in [3.8, 4) is 24.0 Å². The van der Waals surface area contributed by atoms with Crippen LogP contribution in [0, 0.1) is 56.2 Å². The molecule has 0 aromatic heterocycles. The van der Waals surface area contributed by atoms with Crippen LogP contribution in [0.3, 0.4) is 0 Å². The minimum Gasteiger partial charge on any atom is -0.497 e. The van der Waals surface area contributed by atoms with E-state index >= 15 is 0 Å². The van der Waals surface area contributed by atoms with Crippen LogP contribution in [0.1, 0.15) is 77.2 Å². The third kappa shape index (κ3) is 3.81. The molecule has 3 rings (SSSR count). The van der Waals surface area contributed by atoms with E-state index in [0.717, 1.165) is 25.7 Å². The molecule has 180 valence electrons. The second kappa shape index (κ2) is 10.5. The zero-order valence-electron chi connectivity index (χ0n) is 20.4. The molecule has 4 atom stereocenters. The van der Waals surface area contributed by atoms with Gasteiger partial charge in [0, 0.05) is 5.56 Å². The first-order valence-electron chi connectivity index (χ1n) is 12.3. The molecule has 0 amide bonds. The summed E-state index contributed by atoms with van der Waals surface area (Å²) in [5.74, 6) is -1.87. The molecule has 0 aliphatic carbocycles. The molecule has 1 aromatic carbocycles. The maximum absolute atomic E-state index is 10.3. The number of nitrogens with one attached hydrogen (secondary N) is 1. The van der Waals surface area contributed by atoms with Crippen LogP contribution in [-0.2, 0) is 15.3 Å². The highest BCUT2D eigenvalue weighted by molar-refractivity contribution is 5.89. The van der Waals surface area contributed by atoms with Crippen molar-refractivity contribution in [1.82, 2.24) is 0 Å². The molecule has 0 saturated carbocycles. The Morgan fingerprint density at radius 1 is 0.941 bits per heavy atom. The van der Waals surface area contributed by atoms with Crippen molar-refractivity contribution in [3.63, 3.8) is 0 Å². The van der Waals surface area contributed by atoms with Crippen molar-refractivity contribution in [1.29, 1.82) is 21.2 Å². The van der Waals surface area contributed by atoms with Gasteiger partial charge in [-0.1, -0.05) is 65.2 Å². The van der Waals surface area contributed by atoms with Crippen LogP contribution in [0.2, 0.25) is 0 Å². The predicted molar refractivity (Wildman–Crippen MR) is 126 cm³/mol. The minimum absolute atomic E-state index is 0.375. The Hall–Kier alpha value is -3.08. The Bertz CT molecular complexity index is 989. The van der Waals surface area contributed by atoms with Crippen LogP contribution in [-0.4, -0.2) is 19.1 Å². The summed E-state index contributed by atoms with van der Waals surface area (Å²) in [5.41, 5.74) is -2.92. The highest BCUT2D eigenvalue weighted by Gasteiger charge is 2.79. The molecule has 2 heterocycles. The number of unbranched alkanes of at least 4 members (excludes halogenated alkanes) is 7. The zero-order valence-corrected chi connectivity index (χ0v) is 20.4. The molecule has 2 bridgehead atoms. The third-order valence-corrected chi connectivity index (χ3v) is 7.60. The van der Waals surface area contributed by atoms with Gasteiger partial charge >= 0.3 is 0 Å². The van der Waals surface area contributed by atoms with Gasteiger partial charge in [0.2, 0.25) is 11.7 Å². The number of methoxy groups -OCH3 is 1. The van der Waals surface area contributed by atoms with Gasteiger partial charge in [0.25, 0.3) is 0 Å². The number of nitriles is 3. The van der Waals surface area contributed by atoms with Crippen molar-refractivity contribution in [2.45, 2.75) is 83.5 Å². The standard InChI is InChI=1S/C27H34N4O3/c1-4-5-6-7-8-9-10-11-12-23-25(17-28,18-29)26(19-30)20(2)27(33-23,34-24(26)31)21-13-15-22(32-3)16-14-21/h13-16,20,23,31H,4-12H2,1-3H3. The second-order valence-corrected chi connectivity index (χ2v) is 9.37. The molecular formula is C27H34N4O3. The van der Waals surface area contributed by atoms with Crippen LogP contribution in [0.5, 0.6) is 5.75 Å². The third-order valence-electron chi connectivity index (χ3n) is 7.60. The van der Waals surface area contributed by atoms with Crippen LogP contribution >= 0.6 is 0 Å². The number of hydrogen-bond donors (Lipinski definition) is 1. The molecular weight excluding hydrogens is 428 g/mol. The number of nitrogens with zero attached hydrogens (tertiary/aromatic N) is 3. The lowest BCUT2D eigenvalue weighted by atomic mass is 9.53. The van der Waals surface area contributed by atoms with Crippen LogP contribution in [0.15, 0.2) is 24.3 Å². The molecule has 7 heteroatoms. The highest BCUT2D eigenvalue weighted by Crippen LogP contribution is 2.66. The molecule has 0 radical (unpaired) electrons. The van der Waals surface area contributed by atoms with Gasteiger partial charge in [-0.2, -0.15) is 15.8 Å². The average Bonchev–Trinajstić information content (AvgIpc) is 3.02. The topological polar surface area (TPSA) is 123 Å². The normalized spacial score (nSPS) is 28.9. The number of ether oxygens (including phenoxy) is 3. The van der Waals surface area contributed by atoms with E-state index in [1.165, 1.54) is 25.7 Å². The summed E-state index contributed by atoms with van der Waals surface area (Å²) in [7, 11) is 1.57. The first kappa shape index (κ1) is 25.5. The van der Waals surface area contributed by atoms with E-state index in [1.807, 2.05) is 0 Å². The van der Waals surface area contributed by atoms with E-state index in [4.69, 9.17) is 19.6 Å². The molecule has 1 aromatic rings. The van der Waals surface area contributed by atoms with E-state index in [0.29, 0.717) is 17.7 Å². The van der Waals surface area contributed by atoms with Gasteiger partial charge in [0.05, 0.1) is 37.3 Å². The van der Waals surface area contributed by atoms with Crippen molar-refractivity contribution in [2.75, 3.05) is 7.11 Å². The zero-order chi connectivity index (χ0) is 24.8. The number of rotatable bonds is 11. The van der Waals surface area contributed by atoms with Gasteiger partial charge in [-0.15, -0.1) is 0 Å². The first-order chi connectivity index (χ1) is 16.4. The summed E-state index contributed by atoms with van der Waals surface area (Å²) in [4.78, 5) is 0. The Balaban J connectivity index is 1.89. The molecule has 2 fully saturated rings.